The summed E-state index contributed by atoms with van der Waals surface area (Å²) >= 11 is 0. The number of carbonyl (C=O) groups excluding carboxylic acids is 2. The highest BCUT2D eigenvalue weighted by Crippen LogP contribution is 2.72. The van der Waals surface area contributed by atoms with Crippen LogP contribution in [0, 0.1) is 16.2 Å². The van der Waals surface area contributed by atoms with Gasteiger partial charge in [0.1, 0.15) is 0 Å². The van der Waals surface area contributed by atoms with E-state index in [2.05, 4.69) is 39.2 Å². The maximum Gasteiger partial charge on any atom is 0.240 e. The molecule has 134 valence electrons. The van der Waals surface area contributed by atoms with Crippen molar-refractivity contribution in [3.8, 4) is 0 Å². The van der Waals surface area contributed by atoms with Gasteiger partial charge in [-0.05, 0) is 36.0 Å². The lowest BCUT2D eigenvalue weighted by Crippen LogP contribution is -2.40. The van der Waals surface area contributed by atoms with Crippen LogP contribution in [0.15, 0.2) is 48.6 Å². The molecule has 0 saturated heterocycles. The lowest BCUT2D eigenvalue weighted by atomic mass is 9.64. The Morgan fingerprint density at radius 1 is 1.20 bits per heavy atom. The molecule has 4 nitrogen and oxygen atoms in total. The number of Topliss-reactive ketones (excluding diaryl/α,β-unsaturated/α-hetero) is 1. The molecule has 0 aliphatic heterocycles. The standard InChI is InChI=1S/C18H23NO.C3H5NO/c1-16(2)17(3)9-10-18(16,12-19)14(15(17)20)11-13-7-5-4-6-8-13;1-2-3(4)5/h4-8,11H,9-10,12,19H2,1-3H3;2H,1H2,(H2,4,5). The van der Waals surface area contributed by atoms with E-state index in [0.717, 1.165) is 30.1 Å². The van der Waals surface area contributed by atoms with E-state index in [1.807, 2.05) is 30.3 Å². The van der Waals surface area contributed by atoms with Gasteiger partial charge in [-0.1, -0.05) is 57.7 Å². The molecule has 2 unspecified atom stereocenters. The molecule has 2 aliphatic carbocycles. The molecule has 2 saturated carbocycles. The van der Waals surface area contributed by atoms with Gasteiger partial charge in [0.25, 0.3) is 0 Å². The van der Waals surface area contributed by atoms with Gasteiger partial charge in [0.2, 0.25) is 5.91 Å². The Labute approximate surface area is 150 Å². The molecule has 2 aliphatic rings. The first-order valence-corrected chi connectivity index (χ1v) is 8.60. The highest BCUT2D eigenvalue weighted by Gasteiger charge is 2.71. The Morgan fingerprint density at radius 2 is 1.76 bits per heavy atom. The molecule has 1 aromatic rings. The normalized spacial score (nSPS) is 30.7. The molecule has 0 heterocycles. The van der Waals surface area contributed by atoms with Crippen LogP contribution >= 0.6 is 0 Å². The highest BCUT2D eigenvalue weighted by atomic mass is 16.1. The van der Waals surface area contributed by atoms with Crippen molar-refractivity contribution < 1.29 is 9.59 Å². The topological polar surface area (TPSA) is 86.2 Å². The minimum absolute atomic E-state index is 0.0630. The molecule has 2 bridgehead atoms. The molecule has 4 N–H and O–H groups in total. The zero-order valence-corrected chi connectivity index (χ0v) is 15.3. The fourth-order valence-electron chi connectivity index (χ4n) is 4.39. The number of hydrogen-bond acceptors (Lipinski definition) is 3. The second-order valence-electron chi connectivity index (χ2n) is 7.65. The molecule has 4 heteroatoms. The van der Waals surface area contributed by atoms with Gasteiger partial charge in [-0.2, -0.15) is 0 Å². The average Bonchev–Trinajstić information content (AvgIpc) is 2.87. The number of nitrogens with two attached hydrogens (primary N) is 2. The van der Waals surface area contributed by atoms with E-state index in [4.69, 9.17) is 5.73 Å². The molecule has 0 radical (unpaired) electrons. The predicted octanol–water partition coefficient (Wildman–Crippen LogP) is 3.08. The van der Waals surface area contributed by atoms with Crippen LogP contribution in [0.5, 0.6) is 0 Å². The van der Waals surface area contributed by atoms with E-state index in [1.54, 1.807) is 0 Å². The molecule has 1 aromatic carbocycles. The van der Waals surface area contributed by atoms with Gasteiger partial charge in [0, 0.05) is 22.9 Å². The van der Waals surface area contributed by atoms with Crippen LogP contribution in [0.4, 0.5) is 0 Å². The molecule has 0 spiro atoms. The largest absolute Gasteiger partial charge is 0.366 e. The lowest BCUT2D eigenvalue weighted by Gasteiger charge is -2.39. The Hall–Kier alpha value is -2.20. The predicted molar refractivity (Wildman–Crippen MR) is 101 cm³/mol. The first-order valence-electron chi connectivity index (χ1n) is 8.60. The number of hydrogen-bond donors (Lipinski definition) is 2. The second kappa shape index (κ2) is 6.60. The summed E-state index contributed by atoms with van der Waals surface area (Å²) in [7, 11) is 0. The molecular formula is C21H28N2O2. The van der Waals surface area contributed by atoms with E-state index in [9.17, 15) is 9.59 Å². The van der Waals surface area contributed by atoms with Crippen LogP contribution in [0.2, 0.25) is 0 Å². The van der Waals surface area contributed by atoms with Crippen LogP contribution in [0.3, 0.4) is 0 Å². The van der Waals surface area contributed by atoms with Gasteiger partial charge in [-0.15, -0.1) is 0 Å². The van der Waals surface area contributed by atoms with Crippen molar-refractivity contribution in [1.82, 2.24) is 0 Å². The monoisotopic (exact) mass is 340 g/mol. The fraction of sp³-hybridized carbons (Fsp3) is 0.429. The first-order chi connectivity index (χ1) is 11.7. The highest BCUT2D eigenvalue weighted by molar-refractivity contribution is 6.09. The molecule has 25 heavy (non-hydrogen) atoms. The summed E-state index contributed by atoms with van der Waals surface area (Å²) in [5.41, 5.74) is 12.3. The van der Waals surface area contributed by atoms with E-state index >= 15 is 0 Å². The minimum Gasteiger partial charge on any atom is -0.366 e. The molecule has 1 amide bonds. The van der Waals surface area contributed by atoms with E-state index < -0.39 is 5.91 Å². The fourth-order valence-corrected chi connectivity index (χ4v) is 4.39. The third-order valence-corrected chi connectivity index (χ3v) is 6.55. The van der Waals surface area contributed by atoms with Crippen molar-refractivity contribution in [3.05, 3.63) is 54.1 Å². The van der Waals surface area contributed by atoms with Gasteiger partial charge in [-0.25, -0.2) is 0 Å². The summed E-state index contributed by atoms with van der Waals surface area (Å²) < 4.78 is 0. The summed E-state index contributed by atoms with van der Waals surface area (Å²) in [6.07, 6.45) is 5.11. The Morgan fingerprint density at radius 3 is 2.24 bits per heavy atom. The number of carbonyl (C=O) groups is 2. The zero-order chi connectivity index (χ0) is 18.9. The summed E-state index contributed by atoms with van der Waals surface area (Å²) in [5, 5.41) is 0. The van der Waals surface area contributed by atoms with Gasteiger partial charge in [0.05, 0.1) is 0 Å². The third-order valence-electron chi connectivity index (χ3n) is 6.55. The summed E-state index contributed by atoms with van der Waals surface area (Å²) in [5.74, 6) is -0.173. The summed E-state index contributed by atoms with van der Waals surface area (Å²) in [6, 6.07) is 10.1. The first kappa shape index (κ1) is 19.1. The maximum atomic E-state index is 12.9. The lowest BCUT2D eigenvalue weighted by molar-refractivity contribution is -0.125. The number of fused-ring (bicyclic) bond motifs is 2. The minimum atomic E-state index is -0.481. The van der Waals surface area contributed by atoms with E-state index in [-0.39, 0.29) is 16.2 Å². The number of amides is 1. The number of rotatable bonds is 3. The molecular weight excluding hydrogens is 312 g/mol. The van der Waals surface area contributed by atoms with Crippen molar-refractivity contribution in [2.45, 2.75) is 33.6 Å². The maximum absolute atomic E-state index is 12.9. The van der Waals surface area contributed by atoms with Crippen molar-refractivity contribution in [2.75, 3.05) is 6.54 Å². The summed E-state index contributed by atoms with van der Waals surface area (Å²) in [6.45, 7) is 10.2. The molecule has 2 atom stereocenters. The van der Waals surface area contributed by atoms with Crippen LogP contribution in [-0.2, 0) is 9.59 Å². The third kappa shape index (κ3) is 2.74. The van der Waals surface area contributed by atoms with E-state index in [1.165, 1.54) is 0 Å². The molecule has 2 fully saturated rings. The van der Waals surface area contributed by atoms with Crippen LogP contribution in [0.25, 0.3) is 6.08 Å². The molecule has 0 aromatic heterocycles. The van der Waals surface area contributed by atoms with Crippen molar-refractivity contribution >= 4 is 17.8 Å². The van der Waals surface area contributed by atoms with Gasteiger partial charge in [-0.3, -0.25) is 9.59 Å². The number of ketones is 1. The van der Waals surface area contributed by atoms with E-state index in [0.29, 0.717) is 12.3 Å². The summed E-state index contributed by atoms with van der Waals surface area (Å²) in [4.78, 5) is 22.4. The Balaban J connectivity index is 0.000000399. The van der Waals surface area contributed by atoms with Crippen LogP contribution < -0.4 is 11.5 Å². The number of primary amides is 1. The SMILES string of the molecule is C=CC(N)=O.CC12CCC(CN)(C(=Cc3ccccc3)C1=O)C2(C)C. The molecule has 3 rings (SSSR count). The average molecular weight is 340 g/mol. The van der Waals surface area contributed by atoms with Gasteiger partial charge >= 0.3 is 0 Å². The van der Waals surface area contributed by atoms with Crippen LogP contribution in [0.1, 0.15) is 39.2 Å². The zero-order valence-electron chi connectivity index (χ0n) is 15.3. The van der Waals surface area contributed by atoms with Gasteiger partial charge in [0.15, 0.2) is 5.78 Å². The quantitative estimate of drug-likeness (QED) is 0.829. The van der Waals surface area contributed by atoms with Crippen molar-refractivity contribution in [2.24, 2.45) is 27.7 Å². The van der Waals surface area contributed by atoms with Gasteiger partial charge < -0.3 is 11.5 Å². The smallest absolute Gasteiger partial charge is 0.240 e. The second-order valence-corrected chi connectivity index (χ2v) is 7.65. The Bertz CT molecular complexity index is 721. The van der Waals surface area contributed by atoms with Crippen molar-refractivity contribution in [1.29, 1.82) is 0 Å². The van der Waals surface area contributed by atoms with Crippen LogP contribution in [-0.4, -0.2) is 18.2 Å². The van der Waals surface area contributed by atoms with Crippen molar-refractivity contribution in [3.63, 3.8) is 0 Å². The number of benzene rings is 1. The Kier molecular flexibility index (Phi) is 5.05.